The van der Waals surface area contributed by atoms with E-state index in [1.165, 1.54) is 11.9 Å². The largest absolute Gasteiger partial charge is 0.480 e. The highest BCUT2D eigenvalue weighted by Crippen LogP contribution is 2.04. The Bertz CT molecular complexity index is 265. The molecule has 0 fully saturated rings. The Balaban J connectivity index is 4.31. The van der Waals surface area contributed by atoms with Crippen LogP contribution in [0.5, 0.6) is 0 Å². The van der Waals surface area contributed by atoms with Gasteiger partial charge < -0.3 is 14.7 Å². The average Bonchev–Trinajstić information content (AvgIpc) is 2.30. The third kappa shape index (κ3) is 6.06. The van der Waals surface area contributed by atoms with Crippen LogP contribution in [0, 0.1) is 0 Å². The van der Waals surface area contributed by atoms with E-state index in [0.29, 0.717) is 13.0 Å². The Labute approximate surface area is 102 Å². The van der Waals surface area contributed by atoms with Gasteiger partial charge in [0.25, 0.3) is 0 Å². The van der Waals surface area contributed by atoms with Crippen molar-refractivity contribution in [1.82, 2.24) is 4.90 Å². The fourth-order valence-corrected chi connectivity index (χ4v) is 1.26. The summed E-state index contributed by atoms with van der Waals surface area (Å²) in [5.41, 5.74) is 0. The lowest BCUT2D eigenvalue weighted by molar-refractivity contribution is -0.151. The third-order valence-corrected chi connectivity index (χ3v) is 2.33. The van der Waals surface area contributed by atoms with Crippen LogP contribution in [0.25, 0.3) is 0 Å². The van der Waals surface area contributed by atoms with Gasteiger partial charge in [-0.15, -0.1) is 6.58 Å². The number of hydrogen-bond acceptors (Lipinski definition) is 3. The molecule has 0 radical (unpaired) electrons. The number of ether oxygens (including phenoxy) is 1. The summed E-state index contributed by atoms with van der Waals surface area (Å²) in [6.45, 7) is 5.99. The molecule has 0 aromatic carbocycles. The van der Waals surface area contributed by atoms with Crippen LogP contribution in [0.4, 0.5) is 0 Å². The van der Waals surface area contributed by atoms with Gasteiger partial charge in [0.15, 0.2) is 6.04 Å². The molecule has 1 amide bonds. The van der Waals surface area contributed by atoms with Crippen LogP contribution in [0.2, 0.25) is 0 Å². The fourth-order valence-electron chi connectivity index (χ4n) is 1.26. The first kappa shape index (κ1) is 15.6. The number of rotatable bonds is 9. The molecule has 5 heteroatoms. The van der Waals surface area contributed by atoms with E-state index >= 15 is 0 Å². The normalized spacial score (nSPS) is 11.9. The van der Waals surface area contributed by atoms with Gasteiger partial charge in [-0.1, -0.05) is 13.0 Å². The van der Waals surface area contributed by atoms with E-state index in [-0.39, 0.29) is 18.9 Å². The van der Waals surface area contributed by atoms with E-state index in [0.717, 1.165) is 6.42 Å². The lowest BCUT2D eigenvalue weighted by Gasteiger charge is -2.24. The Morgan fingerprint density at radius 3 is 2.65 bits per heavy atom. The number of allylic oxidation sites excluding steroid dienone is 1. The molecule has 0 aliphatic rings. The van der Waals surface area contributed by atoms with Gasteiger partial charge >= 0.3 is 5.97 Å². The second-order valence-corrected chi connectivity index (χ2v) is 3.76. The first-order valence-electron chi connectivity index (χ1n) is 5.71. The van der Waals surface area contributed by atoms with E-state index in [9.17, 15) is 9.59 Å². The van der Waals surface area contributed by atoms with Crippen LogP contribution in [-0.4, -0.2) is 48.2 Å². The molecule has 0 heterocycles. The molecule has 17 heavy (non-hydrogen) atoms. The van der Waals surface area contributed by atoms with Crippen molar-refractivity contribution in [1.29, 1.82) is 0 Å². The van der Waals surface area contributed by atoms with E-state index in [2.05, 4.69) is 6.58 Å². The minimum absolute atomic E-state index is 0.0273. The summed E-state index contributed by atoms with van der Waals surface area (Å²) in [7, 11) is 1.49. The lowest BCUT2D eigenvalue weighted by atomic mass is 10.2. The molecule has 0 aliphatic carbocycles. The zero-order valence-electron chi connectivity index (χ0n) is 10.5. The lowest BCUT2D eigenvalue weighted by Crippen LogP contribution is -2.45. The number of amides is 1. The van der Waals surface area contributed by atoms with Gasteiger partial charge in [-0.3, -0.25) is 4.79 Å². The quantitative estimate of drug-likeness (QED) is 0.489. The van der Waals surface area contributed by atoms with Gasteiger partial charge in [-0.05, 0) is 12.8 Å². The van der Waals surface area contributed by atoms with E-state index < -0.39 is 12.0 Å². The number of hydrogen-bond donors (Lipinski definition) is 1. The molecule has 0 aliphatic heterocycles. The second kappa shape index (κ2) is 8.75. The number of carboxylic acids is 1. The maximum Gasteiger partial charge on any atom is 0.328 e. The number of carboxylic acid groups (broad SMARTS) is 1. The summed E-state index contributed by atoms with van der Waals surface area (Å²) in [5.74, 6) is -1.26. The van der Waals surface area contributed by atoms with Crippen LogP contribution >= 0.6 is 0 Å². The molecule has 0 rings (SSSR count). The van der Waals surface area contributed by atoms with Gasteiger partial charge in [0.2, 0.25) is 5.91 Å². The van der Waals surface area contributed by atoms with Crippen LogP contribution in [-0.2, 0) is 14.3 Å². The standard InChI is InChI=1S/C12H21NO4/c1-4-6-7-11(14)13(3)10(12(15)16)9-17-8-5-2/h4,10H,1,5-9H2,2-3H3,(H,15,16). The predicted octanol–water partition coefficient (Wildman–Crippen LogP) is 1.29. The van der Waals surface area contributed by atoms with Crippen molar-refractivity contribution in [2.45, 2.75) is 32.2 Å². The van der Waals surface area contributed by atoms with Crippen molar-refractivity contribution >= 4 is 11.9 Å². The minimum atomic E-state index is -1.05. The minimum Gasteiger partial charge on any atom is -0.480 e. The number of nitrogens with zero attached hydrogens (tertiary/aromatic N) is 1. The Morgan fingerprint density at radius 1 is 1.53 bits per heavy atom. The molecule has 0 aromatic heterocycles. The number of carbonyl (C=O) groups is 2. The van der Waals surface area contributed by atoms with Crippen LogP contribution in [0.15, 0.2) is 12.7 Å². The number of carbonyl (C=O) groups excluding carboxylic acids is 1. The van der Waals surface area contributed by atoms with Gasteiger partial charge in [0, 0.05) is 20.1 Å². The van der Waals surface area contributed by atoms with Gasteiger partial charge in [0.05, 0.1) is 6.61 Å². The summed E-state index contributed by atoms with van der Waals surface area (Å²) in [5, 5.41) is 9.02. The smallest absolute Gasteiger partial charge is 0.328 e. The summed E-state index contributed by atoms with van der Waals surface area (Å²) in [6.07, 6.45) is 3.28. The fraction of sp³-hybridized carbons (Fsp3) is 0.667. The summed E-state index contributed by atoms with van der Waals surface area (Å²) >= 11 is 0. The summed E-state index contributed by atoms with van der Waals surface area (Å²) < 4.78 is 5.19. The molecule has 0 spiro atoms. The van der Waals surface area contributed by atoms with E-state index in [1.54, 1.807) is 6.08 Å². The maximum absolute atomic E-state index is 11.6. The summed E-state index contributed by atoms with van der Waals surface area (Å²) in [4.78, 5) is 23.9. The van der Waals surface area contributed by atoms with E-state index in [4.69, 9.17) is 9.84 Å². The van der Waals surface area contributed by atoms with Crippen LogP contribution in [0.1, 0.15) is 26.2 Å². The Hall–Kier alpha value is -1.36. The highest BCUT2D eigenvalue weighted by atomic mass is 16.5. The van der Waals surface area contributed by atoms with Gasteiger partial charge in [0.1, 0.15) is 0 Å². The van der Waals surface area contributed by atoms with Crippen molar-refractivity contribution in [2.24, 2.45) is 0 Å². The van der Waals surface area contributed by atoms with Crippen molar-refractivity contribution in [3.05, 3.63) is 12.7 Å². The molecule has 0 saturated heterocycles. The third-order valence-electron chi connectivity index (χ3n) is 2.33. The highest BCUT2D eigenvalue weighted by molar-refractivity contribution is 5.83. The first-order valence-corrected chi connectivity index (χ1v) is 5.71. The zero-order chi connectivity index (χ0) is 13.3. The monoisotopic (exact) mass is 243 g/mol. The zero-order valence-corrected chi connectivity index (χ0v) is 10.5. The molecule has 0 bridgehead atoms. The van der Waals surface area contributed by atoms with Gasteiger partial charge in [-0.25, -0.2) is 4.79 Å². The topological polar surface area (TPSA) is 66.8 Å². The molecule has 1 atom stereocenters. The van der Waals surface area contributed by atoms with Crippen molar-refractivity contribution in [3.63, 3.8) is 0 Å². The molecule has 1 unspecified atom stereocenters. The van der Waals surface area contributed by atoms with Crippen molar-refractivity contribution in [2.75, 3.05) is 20.3 Å². The number of aliphatic carboxylic acids is 1. The molecular weight excluding hydrogens is 222 g/mol. The average molecular weight is 243 g/mol. The molecule has 1 N–H and O–H groups in total. The highest BCUT2D eigenvalue weighted by Gasteiger charge is 2.26. The van der Waals surface area contributed by atoms with Crippen molar-refractivity contribution in [3.8, 4) is 0 Å². The second-order valence-electron chi connectivity index (χ2n) is 3.76. The van der Waals surface area contributed by atoms with Crippen LogP contribution < -0.4 is 0 Å². The Morgan fingerprint density at radius 2 is 2.18 bits per heavy atom. The Kier molecular flexibility index (Phi) is 8.05. The molecule has 5 nitrogen and oxygen atoms in total. The first-order chi connectivity index (χ1) is 8.04. The van der Waals surface area contributed by atoms with E-state index in [1.807, 2.05) is 6.92 Å². The predicted molar refractivity (Wildman–Crippen MR) is 64.7 cm³/mol. The molecular formula is C12H21NO4. The maximum atomic E-state index is 11.6. The van der Waals surface area contributed by atoms with Gasteiger partial charge in [-0.2, -0.15) is 0 Å². The van der Waals surface area contributed by atoms with Crippen LogP contribution in [0.3, 0.4) is 0 Å². The SMILES string of the molecule is C=CCCC(=O)N(C)C(COCCC)C(=O)O. The molecule has 0 aromatic rings. The molecule has 98 valence electrons. The number of likely N-dealkylation sites (N-methyl/N-ethyl adjacent to an activating group) is 1. The molecule has 0 saturated carbocycles. The van der Waals surface area contributed by atoms with Crippen molar-refractivity contribution < 1.29 is 19.4 Å². The summed E-state index contributed by atoms with van der Waals surface area (Å²) in [6, 6.07) is -0.918.